The van der Waals surface area contributed by atoms with Crippen molar-refractivity contribution in [2.45, 2.75) is 32.2 Å². The topological polar surface area (TPSA) is 43.8 Å². The number of hydrogen-bond acceptors (Lipinski definition) is 2. The van der Waals surface area contributed by atoms with Crippen molar-refractivity contribution in [3.05, 3.63) is 24.0 Å². The van der Waals surface area contributed by atoms with E-state index >= 15 is 0 Å². The van der Waals surface area contributed by atoms with Crippen LogP contribution < -0.4 is 5.73 Å². The van der Waals surface area contributed by atoms with Crippen molar-refractivity contribution < 1.29 is 0 Å². The summed E-state index contributed by atoms with van der Waals surface area (Å²) < 4.78 is 2.33. The van der Waals surface area contributed by atoms with Crippen molar-refractivity contribution in [1.82, 2.24) is 9.55 Å². The van der Waals surface area contributed by atoms with Gasteiger partial charge in [-0.15, -0.1) is 0 Å². The highest BCUT2D eigenvalue weighted by atomic mass is 15.1. The Balaban J connectivity index is 2.28. The normalized spacial score (nSPS) is 16.3. The molecule has 0 amide bonds. The molecule has 0 atom stereocenters. The summed E-state index contributed by atoms with van der Waals surface area (Å²) in [5, 5.41) is 0. The number of nitrogens with two attached hydrogens (primary N) is 1. The molecule has 1 aliphatic rings. The fraction of sp³-hybridized carbons (Fsp3) is 0.417. The molecule has 0 saturated heterocycles. The number of anilines is 1. The second kappa shape index (κ2) is 3.26. The first-order valence-electron chi connectivity index (χ1n) is 5.60. The molecule has 2 heterocycles. The molecular weight excluding hydrogens is 186 g/mol. The largest absolute Gasteiger partial charge is 0.397 e. The standard InChI is InChI=1S/C12H15N3/c13-9-5-4-6-10-12(9)14-11-7-2-1-3-8-15(10)11/h4-6H,1-3,7-8,13H2. The smallest absolute Gasteiger partial charge is 0.112 e. The summed E-state index contributed by atoms with van der Waals surface area (Å²) in [6, 6.07) is 6.06. The highest BCUT2D eigenvalue weighted by Crippen LogP contribution is 2.25. The third-order valence-electron chi connectivity index (χ3n) is 3.17. The molecule has 3 heteroatoms. The Bertz CT molecular complexity index is 499. The van der Waals surface area contributed by atoms with Crippen molar-refractivity contribution in [1.29, 1.82) is 0 Å². The summed E-state index contributed by atoms with van der Waals surface area (Å²) in [6.45, 7) is 1.09. The first kappa shape index (κ1) is 8.77. The van der Waals surface area contributed by atoms with Crippen LogP contribution in [0.2, 0.25) is 0 Å². The zero-order chi connectivity index (χ0) is 10.3. The average molecular weight is 201 g/mol. The maximum Gasteiger partial charge on any atom is 0.112 e. The predicted molar refractivity (Wildman–Crippen MR) is 61.7 cm³/mol. The molecule has 1 aromatic heterocycles. The Kier molecular flexibility index (Phi) is 1.91. The molecule has 0 radical (unpaired) electrons. The van der Waals surface area contributed by atoms with Crippen molar-refractivity contribution in [3.63, 3.8) is 0 Å². The van der Waals surface area contributed by atoms with E-state index in [1.165, 1.54) is 30.6 Å². The van der Waals surface area contributed by atoms with Gasteiger partial charge in [0.2, 0.25) is 0 Å². The highest BCUT2D eigenvalue weighted by molar-refractivity contribution is 5.87. The quantitative estimate of drug-likeness (QED) is 0.665. The van der Waals surface area contributed by atoms with Crippen LogP contribution in [0, 0.1) is 0 Å². The minimum Gasteiger partial charge on any atom is -0.397 e. The molecule has 3 nitrogen and oxygen atoms in total. The second-order valence-electron chi connectivity index (χ2n) is 4.21. The predicted octanol–water partition coefficient (Wildman–Crippen LogP) is 2.34. The molecule has 3 rings (SSSR count). The SMILES string of the molecule is Nc1cccc2c1nc1n2CCCCC1. The lowest BCUT2D eigenvalue weighted by Crippen LogP contribution is -1.99. The van der Waals surface area contributed by atoms with E-state index in [2.05, 4.69) is 15.6 Å². The zero-order valence-corrected chi connectivity index (χ0v) is 8.74. The summed E-state index contributed by atoms with van der Waals surface area (Å²) in [5.74, 6) is 1.21. The van der Waals surface area contributed by atoms with Gasteiger partial charge in [-0.2, -0.15) is 0 Å². The van der Waals surface area contributed by atoms with Gasteiger partial charge in [-0.25, -0.2) is 4.98 Å². The van der Waals surface area contributed by atoms with Crippen LogP contribution in [0.4, 0.5) is 5.69 Å². The number of aromatic nitrogens is 2. The maximum atomic E-state index is 5.93. The highest BCUT2D eigenvalue weighted by Gasteiger charge is 2.14. The summed E-state index contributed by atoms with van der Waals surface area (Å²) in [4.78, 5) is 4.65. The van der Waals surface area contributed by atoms with Gasteiger partial charge < -0.3 is 10.3 Å². The average Bonchev–Trinajstić information content (AvgIpc) is 2.45. The first-order valence-corrected chi connectivity index (χ1v) is 5.60. The van der Waals surface area contributed by atoms with E-state index in [0.29, 0.717) is 0 Å². The molecule has 0 bridgehead atoms. The van der Waals surface area contributed by atoms with E-state index in [1.54, 1.807) is 0 Å². The lowest BCUT2D eigenvalue weighted by Gasteiger charge is -2.03. The Morgan fingerprint density at radius 2 is 2.13 bits per heavy atom. The van der Waals surface area contributed by atoms with Gasteiger partial charge in [0.05, 0.1) is 11.2 Å². The summed E-state index contributed by atoms with van der Waals surface area (Å²) in [5.41, 5.74) is 8.91. The minimum absolute atomic E-state index is 0.799. The molecule has 0 spiro atoms. The van der Waals surface area contributed by atoms with Crippen LogP contribution in [-0.2, 0) is 13.0 Å². The number of hydrogen-bond donors (Lipinski definition) is 1. The summed E-state index contributed by atoms with van der Waals surface area (Å²) in [7, 11) is 0. The zero-order valence-electron chi connectivity index (χ0n) is 8.74. The number of rotatable bonds is 0. The number of nitrogens with zero attached hydrogens (tertiary/aromatic N) is 2. The monoisotopic (exact) mass is 201 g/mol. The van der Waals surface area contributed by atoms with Crippen molar-refractivity contribution in [2.24, 2.45) is 0 Å². The molecule has 15 heavy (non-hydrogen) atoms. The molecule has 0 saturated carbocycles. The molecule has 1 aromatic carbocycles. The third-order valence-corrected chi connectivity index (χ3v) is 3.17. The van der Waals surface area contributed by atoms with Gasteiger partial charge in [-0.3, -0.25) is 0 Å². The Morgan fingerprint density at radius 1 is 1.20 bits per heavy atom. The molecule has 78 valence electrons. The van der Waals surface area contributed by atoms with E-state index < -0.39 is 0 Å². The van der Waals surface area contributed by atoms with E-state index in [0.717, 1.165) is 24.2 Å². The molecule has 2 aromatic rings. The first-order chi connectivity index (χ1) is 7.36. The second-order valence-corrected chi connectivity index (χ2v) is 4.21. The van der Waals surface area contributed by atoms with Gasteiger partial charge in [0.25, 0.3) is 0 Å². The molecule has 0 unspecified atom stereocenters. The maximum absolute atomic E-state index is 5.93. The van der Waals surface area contributed by atoms with Gasteiger partial charge in [-0.05, 0) is 25.0 Å². The lowest BCUT2D eigenvalue weighted by molar-refractivity contribution is 0.647. The van der Waals surface area contributed by atoms with E-state index in [4.69, 9.17) is 5.73 Å². The van der Waals surface area contributed by atoms with Crippen LogP contribution in [-0.4, -0.2) is 9.55 Å². The number of nitrogen functional groups attached to an aromatic ring is 1. The summed E-state index contributed by atoms with van der Waals surface area (Å²) in [6.07, 6.45) is 4.91. The van der Waals surface area contributed by atoms with Crippen molar-refractivity contribution in [3.8, 4) is 0 Å². The Hall–Kier alpha value is -1.51. The van der Waals surface area contributed by atoms with Crippen LogP contribution in [0.1, 0.15) is 25.1 Å². The lowest BCUT2D eigenvalue weighted by atomic mass is 10.2. The molecule has 0 fully saturated rings. The molecule has 1 aliphatic heterocycles. The van der Waals surface area contributed by atoms with E-state index in [1.807, 2.05) is 12.1 Å². The number of imidazole rings is 1. The Morgan fingerprint density at radius 3 is 3.07 bits per heavy atom. The van der Waals surface area contributed by atoms with Crippen LogP contribution in [0.5, 0.6) is 0 Å². The van der Waals surface area contributed by atoms with Gasteiger partial charge in [0.1, 0.15) is 11.3 Å². The fourth-order valence-corrected chi connectivity index (χ4v) is 2.39. The van der Waals surface area contributed by atoms with Gasteiger partial charge in [-0.1, -0.05) is 12.5 Å². The molecule has 0 aliphatic carbocycles. The van der Waals surface area contributed by atoms with Gasteiger partial charge in [0, 0.05) is 13.0 Å². The minimum atomic E-state index is 0.799. The fourth-order valence-electron chi connectivity index (χ4n) is 2.39. The van der Waals surface area contributed by atoms with Crippen molar-refractivity contribution in [2.75, 3.05) is 5.73 Å². The van der Waals surface area contributed by atoms with Crippen LogP contribution in [0.3, 0.4) is 0 Å². The number of fused-ring (bicyclic) bond motifs is 3. The molecular formula is C12H15N3. The number of aryl methyl sites for hydroxylation is 2. The van der Waals surface area contributed by atoms with Crippen LogP contribution >= 0.6 is 0 Å². The number of para-hydroxylation sites is 1. The van der Waals surface area contributed by atoms with E-state index in [9.17, 15) is 0 Å². The summed E-state index contributed by atoms with van der Waals surface area (Å²) >= 11 is 0. The van der Waals surface area contributed by atoms with Gasteiger partial charge in [0.15, 0.2) is 0 Å². The number of benzene rings is 1. The van der Waals surface area contributed by atoms with Crippen LogP contribution in [0.15, 0.2) is 18.2 Å². The third kappa shape index (κ3) is 1.30. The van der Waals surface area contributed by atoms with Crippen molar-refractivity contribution >= 4 is 16.7 Å². The molecule has 2 N–H and O–H groups in total. The van der Waals surface area contributed by atoms with Gasteiger partial charge >= 0.3 is 0 Å². The van der Waals surface area contributed by atoms with E-state index in [-0.39, 0.29) is 0 Å². The van der Waals surface area contributed by atoms with Crippen LogP contribution in [0.25, 0.3) is 11.0 Å². The Labute approximate surface area is 88.9 Å².